The molecule has 3 rings (SSSR count). The van der Waals surface area contributed by atoms with Gasteiger partial charge in [-0.2, -0.15) is 0 Å². The molecule has 112 valence electrons. The molecule has 2 aliphatic rings. The molecule has 0 unspecified atom stereocenters. The van der Waals surface area contributed by atoms with E-state index in [0.717, 1.165) is 12.5 Å². The number of amides is 2. The summed E-state index contributed by atoms with van der Waals surface area (Å²) in [5.74, 6) is -1.59. The van der Waals surface area contributed by atoms with E-state index in [1.165, 1.54) is 17.0 Å². The first-order valence-electron chi connectivity index (χ1n) is 7.03. The maximum absolute atomic E-state index is 13.2. The highest BCUT2D eigenvalue weighted by Gasteiger charge is 2.45. The summed E-state index contributed by atoms with van der Waals surface area (Å²) in [5, 5.41) is 0. The Balaban J connectivity index is 1.86. The molecule has 0 bridgehead atoms. The molecule has 2 saturated heterocycles. The first-order valence-corrected chi connectivity index (χ1v) is 7.03. The van der Waals surface area contributed by atoms with Crippen molar-refractivity contribution in [3.8, 4) is 0 Å². The van der Waals surface area contributed by atoms with E-state index in [4.69, 9.17) is 0 Å². The lowest BCUT2D eigenvalue weighted by molar-refractivity contribution is -0.159. The van der Waals surface area contributed by atoms with Gasteiger partial charge in [0.2, 0.25) is 11.8 Å². The number of carbonyl (C=O) groups excluding carboxylic acids is 2. The number of nitrogens with zero attached hydrogens (tertiary/aromatic N) is 2. The molecule has 0 aromatic heterocycles. The van der Waals surface area contributed by atoms with Crippen LogP contribution in [0.4, 0.5) is 8.78 Å². The Hall–Kier alpha value is -1.98. The second-order valence-electron chi connectivity index (χ2n) is 5.61. The van der Waals surface area contributed by atoms with Gasteiger partial charge >= 0.3 is 0 Å². The van der Waals surface area contributed by atoms with Gasteiger partial charge in [0, 0.05) is 19.2 Å². The van der Waals surface area contributed by atoms with Gasteiger partial charge in [0.25, 0.3) is 0 Å². The standard InChI is InChI=1S/C15H16F2N2O2/c1-9-14(20)18-4-2-3-13(18)15(21)19(9)8-10-5-11(16)7-12(17)6-10/h5-7,9,13H,2-4,8H2,1H3/t9-,13+/m0/s1. The summed E-state index contributed by atoms with van der Waals surface area (Å²) in [5.41, 5.74) is 0.354. The fourth-order valence-corrected chi connectivity index (χ4v) is 3.16. The van der Waals surface area contributed by atoms with Crippen molar-refractivity contribution >= 4 is 11.8 Å². The topological polar surface area (TPSA) is 40.6 Å². The maximum Gasteiger partial charge on any atom is 0.246 e. The summed E-state index contributed by atoms with van der Waals surface area (Å²) in [6.07, 6.45) is 1.47. The van der Waals surface area contributed by atoms with Crippen LogP contribution in [0.25, 0.3) is 0 Å². The van der Waals surface area contributed by atoms with Gasteiger partial charge in [-0.15, -0.1) is 0 Å². The Bertz CT molecular complexity index is 585. The van der Waals surface area contributed by atoms with Crippen LogP contribution in [0.1, 0.15) is 25.3 Å². The molecular formula is C15H16F2N2O2. The van der Waals surface area contributed by atoms with E-state index in [1.807, 2.05) is 0 Å². The minimum Gasteiger partial charge on any atom is -0.329 e. The lowest BCUT2D eigenvalue weighted by Crippen LogP contribution is -2.61. The predicted octanol–water partition coefficient (Wildman–Crippen LogP) is 1.69. The minimum absolute atomic E-state index is 0.0464. The molecule has 2 heterocycles. The summed E-state index contributed by atoms with van der Waals surface area (Å²) in [6.45, 7) is 2.32. The number of fused-ring (bicyclic) bond motifs is 1. The van der Waals surface area contributed by atoms with Crippen molar-refractivity contribution in [3.05, 3.63) is 35.4 Å². The normalized spacial score (nSPS) is 25.5. The highest BCUT2D eigenvalue weighted by molar-refractivity contribution is 5.97. The Morgan fingerprint density at radius 2 is 1.81 bits per heavy atom. The second kappa shape index (κ2) is 5.09. The van der Waals surface area contributed by atoms with E-state index in [1.54, 1.807) is 11.8 Å². The molecule has 6 heteroatoms. The van der Waals surface area contributed by atoms with Crippen molar-refractivity contribution in [1.82, 2.24) is 9.80 Å². The van der Waals surface area contributed by atoms with Gasteiger partial charge in [0.1, 0.15) is 23.7 Å². The fraction of sp³-hybridized carbons (Fsp3) is 0.467. The molecule has 2 aliphatic heterocycles. The number of hydrogen-bond acceptors (Lipinski definition) is 2. The SMILES string of the molecule is C[C@H]1C(=O)N2CCC[C@@H]2C(=O)N1Cc1cc(F)cc(F)c1. The van der Waals surface area contributed by atoms with Crippen LogP contribution in [0.5, 0.6) is 0 Å². The van der Waals surface area contributed by atoms with Gasteiger partial charge in [0.05, 0.1) is 0 Å². The van der Waals surface area contributed by atoms with Crippen LogP contribution in [0, 0.1) is 11.6 Å². The van der Waals surface area contributed by atoms with Crippen LogP contribution >= 0.6 is 0 Å². The smallest absolute Gasteiger partial charge is 0.246 e. The molecule has 2 amide bonds. The van der Waals surface area contributed by atoms with Gasteiger partial charge in [-0.1, -0.05) is 0 Å². The Morgan fingerprint density at radius 1 is 1.14 bits per heavy atom. The zero-order valence-electron chi connectivity index (χ0n) is 11.7. The van der Waals surface area contributed by atoms with E-state index in [-0.39, 0.29) is 18.4 Å². The highest BCUT2D eigenvalue weighted by Crippen LogP contribution is 2.28. The lowest BCUT2D eigenvalue weighted by Gasteiger charge is -2.41. The van der Waals surface area contributed by atoms with Crippen LogP contribution in [0.2, 0.25) is 0 Å². The minimum atomic E-state index is -0.684. The Labute approximate surface area is 121 Å². The zero-order chi connectivity index (χ0) is 15.1. The first-order chi connectivity index (χ1) is 9.97. The molecule has 0 N–H and O–H groups in total. The molecule has 0 radical (unpaired) electrons. The van der Waals surface area contributed by atoms with Crippen molar-refractivity contribution in [2.45, 2.75) is 38.4 Å². The maximum atomic E-state index is 13.2. The van der Waals surface area contributed by atoms with E-state index in [0.29, 0.717) is 18.5 Å². The molecule has 2 atom stereocenters. The highest BCUT2D eigenvalue weighted by atomic mass is 19.1. The number of hydrogen-bond donors (Lipinski definition) is 0. The molecule has 0 aliphatic carbocycles. The van der Waals surface area contributed by atoms with Crippen molar-refractivity contribution in [3.63, 3.8) is 0 Å². The Kier molecular flexibility index (Phi) is 3.39. The van der Waals surface area contributed by atoms with Gasteiger partial charge in [-0.3, -0.25) is 9.59 Å². The molecule has 0 saturated carbocycles. The quantitative estimate of drug-likeness (QED) is 0.833. The number of rotatable bonds is 2. The van der Waals surface area contributed by atoms with E-state index in [2.05, 4.69) is 0 Å². The Morgan fingerprint density at radius 3 is 2.48 bits per heavy atom. The molecule has 2 fully saturated rings. The van der Waals surface area contributed by atoms with Crippen molar-refractivity contribution in [2.24, 2.45) is 0 Å². The van der Waals surface area contributed by atoms with E-state index < -0.39 is 23.7 Å². The van der Waals surface area contributed by atoms with Crippen LogP contribution in [-0.4, -0.2) is 40.2 Å². The molecule has 1 aromatic carbocycles. The van der Waals surface area contributed by atoms with Crippen molar-refractivity contribution in [2.75, 3.05) is 6.54 Å². The number of benzene rings is 1. The van der Waals surface area contributed by atoms with Gasteiger partial charge < -0.3 is 9.80 Å². The fourth-order valence-electron chi connectivity index (χ4n) is 3.16. The number of carbonyl (C=O) groups is 2. The van der Waals surface area contributed by atoms with E-state index in [9.17, 15) is 18.4 Å². The first kappa shape index (κ1) is 14.0. The van der Waals surface area contributed by atoms with Crippen LogP contribution < -0.4 is 0 Å². The average molecular weight is 294 g/mol. The van der Waals surface area contributed by atoms with E-state index >= 15 is 0 Å². The predicted molar refractivity (Wildman–Crippen MR) is 71.1 cm³/mol. The third-order valence-electron chi connectivity index (χ3n) is 4.20. The molecule has 0 spiro atoms. The van der Waals surface area contributed by atoms with Crippen LogP contribution in [0.3, 0.4) is 0 Å². The van der Waals surface area contributed by atoms with Gasteiger partial charge in [-0.25, -0.2) is 8.78 Å². The number of piperazine rings is 1. The summed E-state index contributed by atoms with van der Waals surface area (Å²) in [7, 11) is 0. The summed E-state index contributed by atoms with van der Waals surface area (Å²) < 4.78 is 26.5. The largest absolute Gasteiger partial charge is 0.329 e. The van der Waals surface area contributed by atoms with Crippen molar-refractivity contribution in [1.29, 1.82) is 0 Å². The second-order valence-corrected chi connectivity index (χ2v) is 5.61. The summed E-state index contributed by atoms with van der Waals surface area (Å²) in [6, 6.07) is 2.16. The molecule has 21 heavy (non-hydrogen) atoms. The van der Waals surface area contributed by atoms with Crippen LogP contribution in [-0.2, 0) is 16.1 Å². The third-order valence-corrected chi connectivity index (χ3v) is 4.20. The lowest BCUT2D eigenvalue weighted by atomic mass is 10.0. The summed E-state index contributed by atoms with van der Waals surface area (Å²) in [4.78, 5) is 27.8. The molecule has 4 nitrogen and oxygen atoms in total. The average Bonchev–Trinajstić information content (AvgIpc) is 2.90. The van der Waals surface area contributed by atoms with Gasteiger partial charge in [0.15, 0.2) is 0 Å². The molecule has 1 aromatic rings. The molecular weight excluding hydrogens is 278 g/mol. The van der Waals surface area contributed by atoms with Gasteiger partial charge in [-0.05, 0) is 37.5 Å². The number of halogens is 2. The van der Waals surface area contributed by atoms with Crippen LogP contribution in [0.15, 0.2) is 18.2 Å². The third kappa shape index (κ3) is 2.39. The summed E-state index contributed by atoms with van der Waals surface area (Å²) >= 11 is 0. The zero-order valence-corrected chi connectivity index (χ0v) is 11.7. The van der Waals surface area contributed by atoms with Crippen molar-refractivity contribution < 1.29 is 18.4 Å². The monoisotopic (exact) mass is 294 g/mol.